The van der Waals surface area contributed by atoms with E-state index in [9.17, 15) is 9.59 Å². The lowest BCUT2D eigenvalue weighted by atomic mass is 10.1. The number of methoxy groups -OCH3 is 2. The van der Waals surface area contributed by atoms with E-state index in [-0.39, 0.29) is 28.8 Å². The Balaban J connectivity index is 1.69. The van der Waals surface area contributed by atoms with Gasteiger partial charge in [-0.1, -0.05) is 43.0 Å². The maximum Gasteiger partial charge on any atom is 0.283 e. The number of aromatic nitrogens is 4. The van der Waals surface area contributed by atoms with E-state index in [4.69, 9.17) is 9.47 Å². The first-order chi connectivity index (χ1) is 19.0. The van der Waals surface area contributed by atoms with Gasteiger partial charge in [0.25, 0.3) is 5.56 Å². The minimum atomic E-state index is -0.382. The van der Waals surface area contributed by atoms with Gasteiger partial charge in [0.05, 0.1) is 31.8 Å². The molecule has 0 aliphatic rings. The number of anilines is 3. The normalized spacial score (nSPS) is 10.6. The molecule has 0 saturated carbocycles. The third-order valence-electron chi connectivity index (χ3n) is 5.86. The van der Waals surface area contributed by atoms with Crippen LogP contribution in [-0.4, -0.2) is 39.6 Å². The highest BCUT2D eigenvalue weighted by Gasteiger charge is 2.17. The summed E-state index contributed by atoms with van der Waals surface area (Å²) in [6.45, 7) is 3.49. The van der Waals surface area contributed by atoms with Crippen LogP contribution in [0.1, 0.15) is 0 Å². The highest BCUT2D eigenvalue weighted by molar-refractivity contribution is 5.99. The summed E-state index contributed by atoms with van der Waals surface area (Å²) in [6.07, 6.45) is 2.72. The van der Waals surface area contributed by atoms with Gasteiger partial charge in [0.15, 0.2) is 5.65 Å². The molecule has 2 N–H and O–H groups in total. The average Bonchev–Trinajstić information content (AvgIpc) is 2.97. The van der Waals surface area contributed by atoms with Gasteiger partial charge >= 0.3 is 0 Å². The number of hydrogen-bond donors (Lipinski definition) is 2. The predicted molar refractivity (Wildman–Crippen MR) is 150 cm³/mol. The molecule has 39 heavy (non-hydrogen) atoms. The van der Waals surface area contributed by atoms with Crippen molar-refractivity contribution in [1.29, 1.82) is 0 Å². The van der Waals surface area contributed by atoms with E-state index in [0.717, 1.165) is 0 Å². The number of carbonyl (C=O) groups excluding carboxylic acids is 1. The van der Waals surface area contributed by atoms with E-state index in [2.05, 4.69) is 32.2 Å². The van der Waals surface area contributed by atoms with Crippen LogP contribution >= 0.6 is 0 Å². The van der Waals surface area contributed by atoms with Crippen LogP contribution in [0.4, 0.5) is 17.3 Å². The quantitative estimate of drug-likeness (QED) is 0.282. The Kier molecular flexibility index (Phi) is 7.00. The van der Waals surface area contributed by atoms with Crippen molar-refractivity contribution >= 4 is 34.4 Å². The first-order valence-electron chi connectivity index (χ1n) is 11.9. The molecule has 5 rings (SSSR count). The Hall–Kier alpha value is -5.51. The topological polar surface area (TPSA) is 120 Å². The summed E-state index contributed by atoms with van der Waals surface area (Å²) in [5.41, 5.74) is 2.77. The maximum absolute atomic E-state index is 13.9. The van der Waals surface area contributed by atoms with E-state index < -0.39 is 0 Å². The van der Waals surface area contributed by atoms with E-state index in [0.29, 0.717) is 39.6 Å². The molecule has 0 aliphatic carbocycles. The summed E-state index contributed by atoms with van der Waals surface area (Å²) in [5.74, 6) is 1.01. The van der Waals surface area contributed by atoms with Gasteiger partial charge in [0, 0.05) is 17.3 Å². The Bertz CT molecular complexity index is 1750. The van der Waals surface area contributed by atoms with Crippen molar-refractivity contribution in [2.75, 3.05) is 24.9 Å². The second kappa shape index (κ2) is 10.9. The number of benzene rings is 3. The molecule has 5 aromatic rings. The lowest BCUT2D eigenvalue weighted by Gasteiger charge is -2.15. The highest BCUT2D eigenvalue weighted by atomic mass is 16.5. The van der Waals surface area contributed by atoms with Gasteiger partial charge in [-0.3, -0.25) is 14.2 Å². The number of nitrogens with one attached hydrogen (secondary N) is 2. The molecule has 0 unspecified atom stereocenters. The number of ether oxygens (including phenoxy) is 2. The van der Waals surface area contributed by atoms with E-state index in [1.807, 2.05) is 30.3 Å². The van der Waals surface area contributed by atoms with Crippen LogP contribution in [0.25, 0.3) is 28.1 Å². The zero-order chi connectivity index (χ0) is 27.4. The summed E-state index contributed by atoms with van der Waals surface area (Å²) in [5, 5.41) is 5.87. The Labute approximate surface area is 223 Å². The molecule has 2 aromatic heterocycles. The minimum Gasteiger partial charge on any atom is -0.497 e. The van der Waals surface area contributed by atoms with Crippen molar-refractivity contribution in [1.82, 2.24) is 19.5 Å². The van der Waals surface area contributed by atoms with Gasteiger partial charge < -0.3 is 20.1 Å². The van der Waals surface area contributed by atoms with Gasteiger partial charge in [-0.25, -0.2) is 9.97 Å². The molecule has 10 heteroatoms. The fraction of sp³-hybridized carbons (Fsp3) is 0.0690. The molecular formula is C29H24N6O4. The van der Waals surface area contributed by atoms with Gasteiger partial charge in [-0.15, -0.1) is 0 Å². The largest absolute Gasteiger partial charge is 0.497 e. The third kappa shape index (κ3) is 5.16. The predicted octanol–water partition coefficient (Wildman–Crippen LogP) is 4.73. The number of fused-ring (bicyclic) bond motifs is 1. The summed E-state index contributed by atoms with van der Waals surface area (Å²) in [7, 11) is 3.12. The lowest BCUT2D eigenvalue weighted by molar-refractivity contribution is -0.111. The monoisotopic (exact) mass is 520 g/mol. The second-order valence-electron chi connectivity index (χ2n) is 8.30. The van der Waals surface area contributed by atoms with Crippen LogP contribution in [-0.2, 0) is 4.79 Å². The Morgan fingerprint density at radius 1 is 0.974 bits per heavy atom. The van der Waals surface area contributed by atoms with Crippen LogP contribution in [0.15, 0.2) is 96.4 Å². The van der Waals surface area contributed by atoms with Gasteiger partial charge in [-0.05, 0) is 36.4 Å². The zero-order valence-electron chi connectivity index (χ0n) is 21.2. The standard InChI is InChI=1S/C29H24N6O4/c1-4-25(36)31-19-11-8-12-20(15-19)35-27-23(32-26(28(35)37)18-9-6-5-7-10-18)17-30-29(34-27)33-22-14-13-21(38-2)16-24(22)39-3/h4-17H,1H2,2-3H3,(H,31,36)(H,30,33,34). The fourth-order valence-corrected chi connectivity index (χ4v) is 4.00. The molecule has 0 atom stereocenters. The molecule has 0 radical (unpaired) electrons. The molecule has 0 aliphatic heterocycles. The van der Waals surface area contributed by atoms with Crippen molar-refractivity contribution in [2.45, 2.75) is 0 Å². The molecule has 194 valence electrons. The minimum absolute atomic E-state index is 0.226. The van der Waals surface area contributed by atoms with E-state index >= 15 is 0 Å². The van der Waals surface area contributed by atoms with Crippen LogP contribution in [0.2, 0.25) is 0 Å². The number of hydrogen-bond acceptors (Lipinski definition) is 8. The second-order valence-corrected chi connectivity index (χ2v) is 8.30. The lowest BCUT2D eigenvalue weighted by Crippen LogP contribution is -2.23. The first kappa shape index (κ1) is 25.2. The highest BCUT2D eigenvalue weighted by Crippen LogP contribution is 2.31. The Morgan fingerprint density at radius 2 is 1.79 bits per heavy atom. The van der Waals surface area contributed by atoms with Crippen molar-refractivity contribution in [3.8, 4) is 28.4 Å². The third-order valence-corrected chi connectivity index (χ3v) is 5.86. The van der Waals surface area contributed by atoms with Crippen molar-refractivity contribution in [3.05, 3.63) is 102 Å². The van der Waals surface area contributed by atoms with Crippen molar-refractivity contribution < 1.29 is 14.3 Å². The van der Waals surface area contributed by atoms with Gasteiger partial charge in [-0.2, -0.15) is 4.98 Å². The van der Waals surface area contributed by atoms with Crippen molar-refractivity contribution in [2.24, 2.45) is 0 Å². The van der Waals surface area contributed by atoms with Crippen molar-refractivity contribution in [3.63, 3.8) is 0 Å². The molecule has 0 spiro atoms. The molecule has 10 nitrogen and oxygen atoms in total. The fourth-order valence-electron chi connectivity index (χ4n) is 4.00. The average molecular weight is 521 g/mol. The smallest absolute Gasteiger partial charge is 0.283 e. The number of amides is 1. The van der Waals surface area contributed by atoms with E-state index in [1.54, 1.807) is 62.9 Å². The molecule has 0 bridgehead atoms. The SMILES string of the molecule is C=CC(=O)Nc1cccc(-n2c(=O)c(-c3ccccc3)nc3cnc(Nc4ccc(OC)cc4OC)nc32)c1. The summed E-state index contributed by atoms with van der Waals surface area (Å²) >= 11 is 0. The van der Waals surface area contributed by atoms with Gasteiger partial charge in [0.2, 0.25) is 11.9 Å². The van der Waals surface area contributed by atoms with Crippen LogP contribution in [0, 0.1) is 0 Å². The maximum atomic E-state index is 13.9. The molecule has 2 heterocycles. The number of nitrogens with zero attached hydrogens (tertiary/aromatic N) is 4. The number of carbonyl (C=O) groups is 1. The van der Waals surface area contributed by atoms with Crippen LogP contribution < -0.4 is 25.7 Å². The zero-order valence-corrected chi connectivity index (χ0v) is 21.2. The number of rotatable bonds is 8. The Morgan fingerprint density at radius 3 is 2.54 bits per heavy atom. The van der Waals surface area contributed by atoms with Gasteiger partial charge in [0.1, 0.15) is 22.7 Å². The summed E-state index contributed by atoms with van der Waals surface area (Å²) in [4.78, 5) is 39.5. The van der Waals surface area contributed by atoms with E-state index in [1.165, 1.54) is 10.6 Å². The van der Waals surface area contributed by atoms with Crippen LogP contribution in [0.3, 0.4) is 0 Å². The molecule has 0 saturated heterocycles. The first-order valence-corrected chi connectivity index (χ1v) is 11.9. The van der Waals surface area contributed by atoms with Crippen LogP contribution in [0.5, 0.6) is 11.5 Å². The molecule has 0 fully saturated rings. The molecule has 1 amide bonds. The summed E-state index contributed by atoms with van der Waals surface area (Å²) in [6, 6.07) is 21.3. The summed E-state index contributed by atoms with van der Waals surface area (Å²) < 4.78 is 12.2. The molecular weight excluding hydrogens is 496 g/mol. The molecule has 3 aromatic carbocycles.